The Kier molecular flexibility index (Phi) is 3.89. The molecule has 2 aromatic carbocycles. The molecule has 0 spiro atoms. The second-order valence-corrected chi connectivity index (χ2v) is 5.16. The van der Waals surface area contributed by atoms with Gasteiger partial charge in [-0.05, 0) is 35.9 Å². The first kappa shape index (κ1) is 14.9. The monoisotopic (exact) mass is 312 g/mol. The highest BCUT2D eigenvalue weighted by Crippen LogP contribution is 2.34. The molecule has 0 aromatic heterocycles. The van der Waals surface area contributed by atoms with Crippen LogP contribution in [0.3, 0.4) is 0 Å². The number of methoxy groups -OCH3 is 1. The number of carbonyl (C=O) groups is 2. The second-order valence-electron chi connectivity index (χ2n) is 5.16. The summed E-state index contributed by atoms with van der Waals surface area (Å²) < 4.78 is 10.5. The molecule has 0 bridgehead atoms. The maximum absolute atomic E-state index is 12.2. The summed E-state index contributed by atoms with van der Waals surface area (Å²) >= 11 is 0. The quantitative estimate of drug-likeness (QED) is 0.932. The standard InChI is InChI=1S/C17H16N2O4/c1-22-13-5-2-11(3-6-13)9-19-14-8-12(17(18)21)4-7-15(14)23-10-16(19)20/h2-8H,9-10H2,1H3,(H2,18,21). The van der Waals surface area contributed by atoms with E-state index in [1.807, 2.05) is 24.3 Å². The van der Waals surface area contributed by atoms with Gasteiger partial charge in [-0.3, -0.25) is 9.59 Å². The van der Waals surface area contributed by atoms with Crippen LogP contribution in [-0.2, 0) is 11.3 Å². The van der Waals surface area contributed by atoms with Crippen LogP contribution in [0.2, 0.25) is 0 Å². The average Bonchev–Trinajstić information content (AvgIpc) is 2.57. The van der Waals surface area contributed by atoms with Gasteiger partial charge in [-0.1, -0.05) is 12.1 Å². The van der Waals surface area contributed by atoms with Gasteiger partial charge in [-0.15, -0.1) is 0 Å². The molecule has 1 aliphatic rings. The van der Waals surface area contributed by atoms with Gasteiger partial charge in [0.25, 0.3) is 5.91 Å². The number of rotatable bonds is 4. The topological polar surface area (TPSA) is 81.9 Å². The van der Waals surface area contributed by atoms with E-state index in [2.05, 4.69) is 0 Å². The lowest BCUT2D eigenvalue weighted by atomic mass is 10.1. The Morgan fingerprint density at radius 3 is 2.65 bits per heavy atom. The summed E-state index contributed by atoms with van der Waals surface area (Å²) in [4.78, 5) is 25.2. The molecule has 2 aromatic rings. The Morgan fingerprint density at radius 2 is 2.00 bits per heavy atom. The highest BCUT2D eigenvalue weighted by atomic mass is 16.5. The highest BCUT2D eigenvalue weighted by Gasteiger charge is 2.26. The zero-order valence-electron chi connectivity index (χ0n) is 12.6. The Bertz CT molecular complexity index is 756. The van der Waals surface area contributed by atoms with Crippen molar-refractivity contribution in [2.45, 2.75) is 6.54 Å². The second kappa shape index (κ2) is 6.00. The summed E-state index contributed by atoms with van der Waals surface area (Å²) in [5.74, 6) is 0.590. The highest BCUT2D eigenvalue weighted by molar-refractivity contribution is 6.00. The van der Waals surface area contributed by atoms with Crippen LogP contribution in [0.25, 0.3) is 0 Å². The zero-order valence-corrected chi connectivity index (χ0v) is 12.6. The van der Waals surface area contributed by atoms with Gasteiger partial charge in [0.1, 0.15) is 11.5 Å². The van der Waals surface area contributed by atoms with Gasteiger partial charge in [0.15, 0.2) is 6.61 Å². The summed E-state index contributed by atoms with van der Waals surface area (Å²) in [5.41, 5.74) is 7.14. The first-order valence-electron chi connectivity index (χ1n) is 7.08. The SMILES string of the molecule is COc1ccc(CN2C(=O)COc3ccc(C(N)=O)cc32)cc1. The molecular weight excluding hydrogens is 296 g/mol. The van der Waals surface area contributed by atoms with Gasteiger partial charge in [0.05, 0.1) is 19.3 Å². The average molecular weight is 312 g/mol. The molecule has 6 heteroatoms. The van der Waals surface area contributed by atoms with Crippen molar-refractivity contribution in [2.75, 3.05) is 18.6 Å². The number of nitrogens with zero attached hydrogens (tertiary/aromatic N) is 1. The molecule has 0 radical (unpaired) electrons. The van der Waals surface area contributed by atoms with Crippen LogP contribution >= 0.6 is 0 Å². The van der Waals surface area contributed by atoms with Crippen LogP contribution < -0.4 is 20.1 Å². The minimum atomic E-state index is -0.546. The molecule has 0 atom stereocenters. The van der Waals surface area contributed by atoms with Gasteiger partial charge in [0, 0.05) is 5.56 Å². The predicted octanol–water partition coefficient (Wildman–Crippen LogP) is 1.72. The van der Waals surface area contributed by atoms with Crippen molar-refractivity contribution in [3.05, 3.63) is 53.6 Å². The number of hydrogen-bond acceptors (Lipinski definition) is 4. The van der Waals surface area contributed by atoms with E-state index in [0.29, 0.717) is 23.5 Å². The number of primary amides is 1. The van der Waals surface area contributed by atoms with Crippen LogP contribution in [0.5, 0.6) is 11.5 Å². The van der Waals surface area contributed by atoms with E-state index in [0.717, 1.165) is 11.3 Å². The molecule has 1 heterocycles. The minimum Gasteiger partial charge on any atom is -0.497 e. The summed E-state index contributed by atoms with van der Waals surface area (Å²) in [6, 6.07) is 12.3. The zero-order chi connectivity index (χ0) is 16.4. The maximum Gasteiger partial charge on any atom is 0.265 e. The number of amides is 2. The summed E-state index contributed by atoms with van der Waals surface area (Å²) in [7, 11) is 1.60. The Hall–Kier alpha value is -3.02. The maximum atomic E-state index is 12.2. The molecule has 0 fully saturated rings. The largest absolute Gasteiger partial charge is 0.497 e. The minimum absolute atomic E-state index is 0.0287. The van der Waals surface area contributed by atoms with Crippen molar-refractivity contribution in [1.29, 1.82) is 0 Å². The Balaban J connectivity index is 1.93. The third kappa shape index (κ3) is 2.96. The van der Waals surface area contributed by atoms with Crippen molar-refractivity contribution in [2.24, 2.45) is 5.73 Å². The van der Waals surface area contributed by atoms with E-state index in [1.165, 1.54) is 0 Å². The van der Waals surface area contributed by atoms with Gasteiger partial charge in [0.2, 0.25) is 5.91 Å². The number of benzene rings is 2. The molecule has 23 heavy (non-hydrogen) atoms. The third-order valence-corrected chi connectivity index (χ3v) is 3.69. The van der Waals surface area contributed by atoms with E-state index >= 15 is 0 Å². The fraction of sp³-hybridized carbons (Fsp3) is 0.176. The van der Waals surface area contributed by atoms with Gasteiger partial charge >= 0.3 is 0 Å². The molecule has 0 saturated carbocycles. The molecule has 6 nitrogen and oxygen atoms in total. The predicted molar refractivity (Wildman–Crippen MR) is 84.6 cm³/mol. The van der Waals surface area contributed by atoms with Crippen LogP contribution in [0.15, 0.2) is 42.5 Å². The van der Waals surface area contributed by atoms with Crippen molar-refractivity contribution < 1.29 is 19.1 Å². The van der Waals surface area contributed by atoms with Crippen molar-refractivity contribution >= 4 is 17.5 Å². The lowest BCUT2D eigenvalue weighted by Gasteiger charge is -2.29. The summed E-state index contributed by atoms with van der Waals surface area (Å²) in [5, 5.41) is 0. The van der Waals surface area contributed by atoms with E-state index in [-0.39, 0.29) is 12.5 Å². The molecule has 0 aliphatic carbocycles. The van der Waals surface area contributed by atoms with Gasteiger partial charge < -0.3 is 20.1 Å². The number of nitrogens with two attached hydrogens (primary N) is 1. The summed E-state index contributed by atoms with van der Waals surface area (Å²) in [6.45, 7) is 0.348. The molecule has 2 N–H and O–H groups in total. The van der Waals surface area contributed by atoms with E-state index in [9.17, 15) is 9.59 Å². The molecular formula is C17H16N2O4. The van der Waals surface area contributed by atoms with Crippen LogP contribution in [0.1, 0.15) is 15.9 Å². The number of carbonyl (C=O) groups excluding carboxylic acids is 2. The van der Waals surface area contributed by atoms with E-state index in [1.54, 1.807) is 30.2 Å². The fourth-order valence-corrected chi connectivity index (χ4v) is 2.44. The lowest BCUT2D eigenvalue weighted by molar-refractivity contribution is -0.121. The van der Waals surface area contributed by atoms with Crippen molar-refractivity contribution in [3.8, 4) is 11.5 Å². The van der Waals surface area contributed by atoms with Gasteiger partial charge in [-0.2, -0.15) is 0 Å². The van der Waals surface area contributed by atoms with Crippen molar-refractivity contribution in [1.82, 2.24) is 0 Å². The Labute approximate surface area is 133 Å². The first-order chi connectivity index (χ1) is 11.1. The normalized spacial score (nSPS) is 13.3. The van der Waals surface area contributed by atoms with Crippen LogP contribution in [0, 0.1) is 0 Å². The molecule has 0 unspecified atom stereocenters. The molecule has 3 rings (SSSR count). The molecule has 0 saturated heterocycles. The van der Waals surface area contributed by atoms with Gasteiger partial charge in [-0.25, -0.2) is 0 Å². The smallest absolute Gasteiger partial charge is 0.265 e. The van der Waals surface area contributed by atoms with Crippen LogP contribution in [-0.4, -0.2) is 25.5 Å². The lowest BCUT2D eigenvalue weighted by Crippen LogP contribution is -2.38. The number of anilines is 1. The third-order valence-electron chi connectivity index (χ3n) is 3.69. The van der Waals surface area contributed by atoms with Crippen molar-refractivity contribution in [3.63, 3.8) is 0 Å². The molecule has 1 aliphatic heterocycles. The fourth-order valence-electron chi connectivity index (χ4n) is 2.44. The van der Waals surface area contributed by atoms with Crippen LogP contribution in [0.4, 0.5) is 5.69 Å². The molecule has 2 amide bonds. The Morgan fingerprint density at radius 1 is 1.26 bits per heavy atom. The molecule has 118 valence electrons. The number of ether oxygens (including phenoxy) is 2. The van der Waals surface area contributed by atoms with E-state index in [4.69, 9.17) is 15.2 Å². The number of fused-ring (bicyclic) bond motifs is 1. The van der Waals surface area contributed by atoms with E-state index < -0.39 is 5.91 Å². The summed E-state index contributed by atoms with van der Waals surface area (Å²) in [6.07, 6.45) is 0. The first-order valence-corrected chi connectivity index (χ1v) is 7.08. The number of hydrogen-bond donors (Lipinski definition) is 1.